The summed E-state index contributed by atoms with van der Waals surface area (Å²) in [4.78, 5) is 39.0. The second-order valence-corrected chi connectivity index (χ2v) is 8.02. The first kappa shape index (κ1) is 21.5. The van der Waals surface area contributed by atoms with E-state index in [1.54, 1.807) is 30.3 Å². The van der Waals surface area contributed by atoms with Crippen LogP contribution in [0.1, 0.15) is 43.1 Å². The Morgan fingerprint density at radius 3 is 2.50 bits per heavy atom. The standard InChI is InChI=1S/C23H24FN5O3/c1-4-11-27-21(31)18-10-7-16(20(30)25-14(2)3)12-19(18)29-22(27)26-28(23(29)32)13-15-5-8-17(24)9-6-15/h5-10,12,14H,4,11,13H2,1-3H3,(H,25,30). The molecule has 0 aliphatic heterocycles. The van der Waals surface area contributed by atoms with Crippen LogP contribution in [-0.2, 0) is 13.1 Å². The maximum atomic E-state index is 13.3. The summed E-state index contributed by atoms with van der Waals surface area (Å²) < 4.78 is 17.3. The molecule has 0 aliphatic carbocycles. The molecule has 0 bridgehead atoms. The first-order valence-electron chi connectivity index (χ1n) is 10.5. The fourth-order valence-electron chi connectivity index (χ4n) is 3.69. The van der Waals surface area contributed by atoms with Gasteiger partial charge in [-0.25, -0.2) is 18.3 Å². The number of aryl methyl sites for hydroxylation is 1. The number of nitrogens with one attached hydrogen (secondary N) is 1. The molecule has 0 fully saturated rings. The van der Waals surface area contributed by atoms with Crippen molar-refractivity contribution in [2.24, 2.45) is 0 Å². The fourth-order valence-corrected chi connectivity index (χ4v) is 3.69. The number of aromatic nitrogens is 4. The molecule has 8 nitrogen and oxygen atoms in total. The predicted octanol–water partition coefficient (Wildman–Crippen LogP) is 2.55. The van der Waals surface area contributed by atoms with Gasteiger partial charge in [-0.05, 0) is 56.2 Å². The molecule has 0 aliphatic rings. The molecule has 0 radical (unpaired) electrons. The summed E-state index contributed by atoms with van der Waals surface area (Å²) in [7, 11) is 0. The van der Waals surface area contributed by atoms with E-state index in [9.17, 15) is 18.8 Å². The van der Waals surface area contributed by atoms with Gasteiger partial charge in [-0.15, -0.1) is 5.10 Å². The monoisotopic (exact) mass is 437 g/mol. The Balaban J connectivity index is 1.96. The molecule has 1 amide bonds. The Labute approximate surface area is 182 Å². The quantitative estimate of drug-likeness (QED) is 0.502. The molecule has 1 N–H and O–H groups in total. The van der Waals surface area contributed by atoms with E-state index in [1.807, 2.05) is 20.8 Å². The Kier molecular flexibility index (Phi) is 5.65. The molecular weight excluding hydrogens is 413 g/mol. The minimum absolute atomic E-state index is 0.0584. The molecule has 0 atom stereocenters. The van der Waals surface area contributed by atoms with Gasteiger partial charge in [0, 0.05) is 18.2 Å². The number of nitrogens with zero attached hydrogens (tertiary/aromatic N) is 4. The number of amides is 1. The van der Waals surface area contributed by atoms with E-state index in [1.165, 1.54) is 25.8 Å². The van der Waals surface area contributed by atoms with Gasteiger partial charge < -0.3 is 5.32 Å². The third kappa shape index (κ3) is 3.81. The molecule has 0 saturated heterocycles. The highest BCUT2D eigenvalue weighted by atomic mass is 19.1. The normalized spacial score (nSPS) is 11.5. The first-order chi connectivity index (χ1) is 15.3. The van der Waals surface area contributed by atoms with Crippen LogP contribution in [0.3, 0.4) is 0 Å². The van der Waals surface area contributed by atoms with Gasteiger partial charge in [-0.1, -0.05) is 19.1 Å². The molecule has 0 saturated carbocycles. The minimum atomic E-state index is -0.444. The van der Waals surface area contributed by atoms with Crippen LogP contribution in [0.4, 0.5) is 4.39 Å². The van der Waals surface area contributed by atoms with Gasteiger partial charge in [0.05, 0.1) is 17.4 Å². The van der Waals surface area contributed by atoms with Crippen molar-refractivity contribution in [3.8, 4) is 0 Å². The van der Waals surface area contributed by atoms with Crippen molar-refractivity contribution in [3.63, 3.8) is 0 Å². The lowest BCUT2D eigenvalue weighted by atomic mass is 10.1. The molecule has 32 heavy (non-hydrogen) atoms. The molecule has 9 heteroatoms. The number of benzene rings is 2. The number of halogens is 1. The van der Waals surface area contributed by atoms with E-state index < -0.39 is 5.69 Å². The highest BCUT2D eigenvalue weighted by molar-refractivity contribution is 5.98. The van der Waals surface area contributed by atoms with E-state index in [4.69, 9.17) is 0 Å². The molecule has 4 rings (SSSR count). The van der Waals surface area contributed by atoms with Crippen LogP contribution < -0.4 is 16.6 Å². The minimum Gasteiger partial charge on any atom is -0.350 e. The molecule has 0 unspecified atom stereocenters. The average Bonchev–Trinajstić information content (AvgIpc) is 3.08. The zero-order chi connectivity index (χ0) is 23.0. The van der Waals surface area contributed by atoms with Gasteiger partial charge in [-0.3, -0.25) is 14.2 Å². The number of hydrogen-bond donors (Lipinski definition) is 1. The summed E-state index contributed by atoms with van der Waals surface area (Å²) in [5.41, 5.74) is 0.648. The predicted molar refractivity (Wildman–Crippen MR) is 120 cm³/mol. The third-order valence-electron chi connectivity index (χ3n) is 5.15. The molecule has 2 aromatic carbocycles. The van der Waals surface area contributed by atoms with Crippen molar-refractivity contribution in [1.29, 1.82) is 0 Å². The number of fused-ring (bicyclic) bond motifs is 3. The van der Waals surface area contributed by atoms with Crippen molar-refractivity contribution in [2.45, 2.75) is 46.3 Å². The Morgan fingerprint density at radius 2 is 1.84 bits per heavy atom. The Bertz CT molecular complexity index is 1430. The summed E-state index contributed by atoms with van der Waals surface area (Å²) >= 11 is 0. The van der Waals surface area contributed by atoms with Crippen LogP contribution in [0.5, 0.6) is 0 Å². The maximum Gasteiger partial charge on any atom is 0.352 e. The summed E-state index contributed by atoms with van der Waals surface area (Å²) in [5, 5.41) is 7.56. The molecule has 2 heterocycles. The van der Waals surface area contributed by atoms with Crippen molar-refractivity contribution >= 4 is 22.6 Å². The summed E-state index contributed by atoms with van der Waals surface area (Å²) in [5.74, 6) is -0.455. The zero-order valence-electron chi connectivity index (χ0n) is 18.1. The maximum absolute atomic E-state index is 13.3. The SMILES string of the molecule is CCCn1c(=O)c2ccc(C(=O)NC(C)C)cc2n2c(=O)n(Cc3ccc(F)cc3)nc12. The second-order valence-electron chi connectivity index (χ2n) is 8.02. The Morgan fingerprint density at radius 1 is 1.12 bits per heavy atom. The molecule has 0 spiro atoms. The summed E-state index contributed by atoms with van der Waals surface area (Å²) in [6.07, 6.45) is 0.676. The number of rotatable bonds is 6. The van der Waals surface area contributed by atoms with Crippen molar-refractivity contribution < 1.29 is 9.18 Å². The summed E-state index contributed by atoms with van der Waals surface area (Å²) in [6, 6.07) is 10.4. The van der Waals surface area contributed by atoms with Crippen LogP contribution in [0.2, 0.25) is 0 Å². The van der Waals surface area contributed by atoms with Gasteiger partial charge in [0.15, 0.2) is 0 Å². The van der Waals surface area contributed by atoms with Gasteiger partial charge >= 0.3 is 5.69 Å². The van der Waals surface area contributed by atoms with Crippen molar-refractivity contribution in [3.05, 3.63) is 80.2 Å². The number of carbonyl (C=O) groups is 1. The first-order valence-corrected chi connectivity index (χ1v) is 10.5. The lowest BCUT2D eigenvalue weighted by Gasteiger charge is -2.11. The van der Waals surface area contributed by atoms with Crippen LogP contribution in [0, 0.1) is 5.82 Å². The molecule has 4 aromatic rings. The molecule has 2 aromatic heterocycles. The fraction of sp³-hybridized carbons (Fsp3) is 0.304. The average molecular weight is 437 g/mol. The van der Waals surface area contributed by atoms with E-state index in [0.29, 0.717) is 35.0 Å². The van der Waals surface area contributed by atoms with Gasteiger partial charge in [-0.2, -0.15) is 0 Å². The van der Waals surface area contributed by atoms with Gasteiger partial charge in [0.25, 0.3) is 11.5 Å². The highest BCUT2D eigenvalue weighted by Crippen LogP contribution is 2.15. The van der Waals surface area contributed by atoms with E-state index in [2.05, 4.69) is 10.4 Å². The lowest BCUT2D eigenvalue weighted by molar-refractivity contribution is 0.0943. The Hall–Kier alpha value is -3.75. The van der Waals surface area contributed by atoms with Crippen LogP contribution in [-0.4, -0.2) is 30.7 Å². The van der Waals surface area contributed by atoms with Crippen molar-refractivity contribution in [2.75, 3.05) is 0 Å². The smallest absolute Gasteiger partial charge is 0.350 e. The third-order valence-corrected chi connectivity index (χ3v) is 5.15. The zero-order valence-corrected chi connectivity index (χ0v) is 18.1. The highest BCUT2D eigenvalue weighted by Gasteiger charge is 2.19. The molecule has 166 valence electrons. The van der Waals surface area contributed by atoms with E-state index in [-0.39, 0.29) is 35.6 Å². The van der Waals surface area contributed by atoms with Crippen molar-refractivity contribution in [1.82, 2.24) is 24.1 Å². The van der Waals surface area contributed by atoms with E-state index in [0.717, 1.165) is 0 Å². The summed E-state index contributed by atoms with van der Waals surface area (Å²) in [6.45, 7) is 6.15. The topological polar surface area (TPSA) is 90.4 Å². The van der Waals surface area contributed by atoms with Crippen LogP contribution in [0.25, 0.3) is 16.7 Å². The molecular formula is C23H24FN5O3. The second kappa shape index (κ2) is 8.41. The largest absolute Gasteiger partial charge is 0.352 e. The van der Waals surface area contributed by atoms with Crippen LogP contribution >= 0.6 is 0 Å². The lowest BCUT2D eigenvalue weighted by Crippen LogP contribution is -2.30. The van der Waals surface area contributed by atoms with E-state index >= 15 is 0 Å². The number of carbonyl (C=O) groups excluding carboxylic acids is 1. The van der Waals surface area contributed by atoms with Gasteiger partial charge in [0.2, 0.25) is 5.78 Å². The van der Waals surface area contributed by atoms with Gasteiger partial charge in [0.1, 0.15) is 5.82 Å². The number of hydrogen-bond acceptors (Lipinski definition) is 4. The van der Waals surface area contributed by atoms with Crippen LogP contribution in [0.15, 0.2) is 52.1 Å².